The Bertz CT molecular complexity index is 239. The molecule has 1 rings (SSSR count). The quantitative estimate of drug-likeness (QED) is 0.543. The normalized spacial score (nSPS) is 10.5. The van der Waals surface area contributed by atoms with Gasteiger partial charge in [0, 0.05) is 17.3 Å². The Balaban J connectivity index is 1.93. The lowest BCUT2D eigenvalue weighted by molar-refractivity contribution is 0.635. The highest BCUT2D eigenvalue weighted by Crippen LogP contribution is 2.17. The zero-order valence-electron chi connectivity index (χ0n) is 9.41. The first kappa shape index (κ1) is 12.5. The smallest absolute Gasteiger partial charge is 0.0278 e. The van der Waals surface area contributed by atoms with Gasteiger partial charge < -0.3 is 5.32 Å². The number of nitrogens with one attached hydrogen (secondary N) is 1. The molecule has 0 unspecified atom stereocenters. The van der Waals surface area contributed by atoms with Crippen molar-refractivity contribution in [3.8, 4) is 0 Å². The van der Waals surface area contributed by atoms with E-state index in [1.54, 1.807) is 0 Å². The Morgan fingerprint density at radius 1 is 1.20 bits per heavy atom. The van der Waals surface area contributed by atoms with Gasteiger partial charge in [-0.1, -0.05) is 6.92 Å². The molecule has 0 aliphatic carbocycles. The lowest BCUT2D eigenvalue weighted by Crippen LogP contribution is -2.15. The van der Waals surface area contributed by atoms with Crippen LogP contribution in [0.4, 0.5) is 0 Å². The Morgan fingerprint density at radius 3 is 2.73 bits per heavy atom. The van der Waals surface area contributed by atoms with Gasteiger partial charge in [-0.05, 0) is 50.2 Å². The fourth-order valence-electron chi connectivity index (χ4n) is 1.28. The predicted octanol–water partition coefficient (Wildman–Crippen LogP) is 2.95. The first-order valence-electron chi connectivity index (χ1n) is 5.67. The number of unbranched alkanes of at least 4 members (excludes halogenated alkanes) is 1. The molecule has 0 aliphatic rings. The van der Waals surface area contributed by atoms with E-state index in [0.717, 1.165) is 13.1 Å². The van der Waals surface area contributed by atoms with Crippen molar-refractivity contribution in [1.29, 1.82) is 0 Å². The van der Waals surface area contributed by atoms with Crippen LogP contribution in [0.5, 0.6) is 0 Å². The van der Waals surface area contributed by atoms with Crippen LogP contribution in [0.25, 0.3) is 0 Å². The molecule has 0 saturated heterocycles. The molecule has 1 aromatic heterocycles. The average Bonchev–Trinajstić information content (AvgIpc) is 2.29. The summed E-state index contributed by atoms with van der Waals surface area (Å²) in [6, 6.07) is 4.14. The molecule has 0 aliphatic heterocycles. The lowest BCUT2D eigenvalue weighted by Gasteiger charge is -2.03. The SMILES string of the molecule is CCCNCCCCSc1ccncc1. The van der Waals surface area contributed by atoms with Gasteiger partial charge in [0.05, 0.1) is 0 Å². The van der Waals surface area contributed by atoms with Crippen LogP contribution in [0.1, 0.15) is 26.2 Å². The van der Waals surface area contributed by atoms with Gasteiger partial charge in [0.15, 0.2) is 0 Å². The number of aromatic nitrogens is 1. The summed E-state index contributed by atoms with van der Waals surface area (Å²) in [6.07, 6.45) is 7.49. The molecular weight excluding hydrogens is 204 g/mol. The molecule has 1 N–H and O–H groups in total. The molecule has 0 fully saturated rings. The van der Waals surface area contributed by atoms with Crippen LogP contribution in [0.2, 0.25) is 0 Å². The number of hydrogen-bond donors (Lipinski definition) is 1. The van der Waals surface area contributed by atoms with Crippen molar-refractivity contribution in [2.75, 3.05) is 18.8 Å². The maximum absolute atomic E-state index is 4.00. The maximum atomic E-state index is 4.00. The van der Waals surface area contributed by atoms with Crippen LogP contribution in [0, 0.1) is 0 Å². The number of rotatable bonds is 8. The third-order valence-corrected chi connectivity index (χ3v) is 3.19. The largest absolute Gasteiger partial charge is 0.317 e. The molecule has 3 heteroatoms. The molecule has 1 aromatic rings. The third-order valence-electron chi connectivity index (χ3n) is 2.09. The van der Waals surface area contributed by atoms with Gasteiger partial charge in [0.1, 0.15) is 0 Å². The fourth-order valence-corrected chi connectivity index (χ4v) is 2.18. The van der Waals surface area contributed by atoms with E-state index in [9.17, 15) is 0 Å². The number of nitrogens with zero attached hydrogens (tertiary/aromatic N) is 1. The van der Waals surface area contributed by atoms with Crippen molar-refractivity contribution in [3.63, 3.8) is 0 Å². The third kappa shape index (κ3) is 6.52. The second kappa shape index (κ2) is 8.74. The Hall–Kier alpha value is -0.540. The van der Waals surface area contributed by atoms with Crippen molar-refractivity contribution < 1.29 is 0 Å². The van der Waals surface area contributed by atoms with Gasteiger partial charge in [0.25, 0.3) is 0 Å². The van der Waals surface area contributed by atoms with E-state index in [0.29, 0.717) is 0 Å². The highest BCUT2D eigenvalue weighted by atomic mass is 32.2. The summed E-state index contributed by atoms with van der Waals surface area (Å²) < 4.78 is 0. The number of hydrogen-bond acceptors (Lipinski definition) is 3. The maximum Gasteiger partial charge on any atom is 0.0278 e. The van der Waals surface area contributed by atoms with Crippen molar-refractivity contribution in [2.45, 2.75) is 31.1 Å². The summed E-state index contributed by atoms with van der Waals surface area (Å²) in [7, 11) is 0. The zero-order chi connectivity index (χ0) is 10.8. The van der Waals surface area contributed by atoms with E-state index < -0.39 is 0 Å². The van der Waals surface area contributed by atoms with Gasteiger partial charge in [-0.25, -0.2) is 0 Å². The van der Waals surface area contributed by atoms with E-state index in [-0.39, 0.29) is 0 Å². The van der Waals surface area contributed by atoms with E-state index in [1.165, 1.54) is 29.9 Å². The summed E-state index contributed by atoms with van der Waals surface area (Å²) in [4.78, 5) is 5.33. The summed E-state index contributed by atoms with van der Waals surface area (Å²) in [5.74, 6) is 1.21. The van der Waals surface area contributed by atoms with E-state index >= 15 is 0 Å². The highest BCUT2D eigenvalue weighted by Gasteiger charge is 1.93. The van der Waals surface area contributed by atoms with Crippen LogP contribution in [0.3, 0.4) is 0 Å². The number of thioether (sulfide) groups is 1. The Kier molecular flexibility index (Phi) is 7.30. The Labute approximate surface area is 96.9 Å². The first-order valence-corrected chi connectivity index (χ1v) is 6.65. The minimum atomic E-state index is 1.15. The molecule has 1 heterocycles. The standard InChI is InChI=1S/C12H20N2S/c1-2-7-13-8-3-4-11-15-12-5-9-14-10-6-12/h5-6,9-10,13H,2-4,7-8,11H2,1H3. The van der Waals surface area contributed by atoms with Crippen molar-refractivity contribution >= 4 is 11.8 Å². The van der Waals surface area contributed by atoms with Crippen LogP contribution in [-0.4, -0.2) is 23.8 Å². The van der Waals surface area contributed by atoms with Gasteiger partial charge in [-0.2, -0.15) is 0 Å². The minimum Gasteiger partial charge on any atom is -0.317 e. The molecule has 0 amide bonds. The minimum absolute atomic E-state index is 1.15. The van der Waals surface area contributed by atoms with E-state index in [1.807, 2.05) is 24.2 Å². The van der Waals surface area contributed by atoms with Crippen molar-refractivity contribution in [1.82, 2.24) is 10.3 Å². The summed E-state index contributed by atoms with van der Waals surface area (Å²) in [5, 5.41) is 3.41. The number of pyridine rings is 1. The molecule has 0 saturated carbocycles. The van der Waals surface area contributed by atoms with Gasteiger partial charge >= 0.3 is 0 Å². The Morgan fingerprint density at radius 2 is 2.00 bits per heavy atom. The fraction of sp³-hybridized carbons (Fsp3) is 0.583. The second-order valence-electron chi connectivity index (χ2n) is 3.49. The van der Waals surface area contributed by atoms with Gasteiger partial charge in [-0.3, -0.25) is 4.98 Å². The molecule has 2 nitrogen and oxygen atoms in total. The monoisotopic (exact) mass is 224 g/mol. The first-order chi connectivity index (χ1) is 7.43. The van der Waals surface area contributed by atoms with E-state index in [4.69, 9.17) is 0 Å². The molecule has 84 valence electrons. The van der Waals surface area contributed by atoms with Gasteiger partial charge in [0.2, 0.25) is 0 Å². The molecule has 0 spiro atoms. The summed E-state index contributed by atoms with van der Waals surface area (Å²) in [5.41, 5.74) is 0. The average molecular weight is 224 g/mol. The molecule has 0 bridgehead atoms. The van der Waals surface area contributed by atoms with Crippen molar-refractivity contribution in [3.05, 3.63) is 24.5 Å². The van der Waals surface area contributed by atoms with Crippen LogP contribution in [0.15, 0.2) is 29.4 Å². The lowest BCUT2D eigenvalue weighted by atomic mass is 10.3. The molecule has 15 heavy (non-hydrogen) atoms. The highest BCUT2D eigenvalue weighted by molar-refractivity contribution is 7.99. The second-order valence-corrected chi connectivity index (χ2v) is 4.66. The molecular formula is C12H20N2S. The van der Waals surface area contributed by atoms with Crippen LogP contribution < -0.4 is 5.32 Å². The molecule has 0 atom stereocenters. The topological polar surface area (TPSA) is 24.9 Å². The predicted molar refractivity (Wildman–Crippen MR) is 67.4 cm³/mol. The van der Waals surface area contributed by atoms with E-state index in [2.05, 4.69) is 29.4 Å². The van der Waals surface area contributed by atoms with Crippen LogP contribution in [-0.2, 0) is 0 Å². The van der Waals surface area contributed by atoms with Gasteiger partial charge in [-0.15, -0.1) is 11.8 Å². The zero-order valence-corrected chi connectivity index (χ0v) is 10.2. The molecule has 0 radical (unpaired) electrons. The van der Waals surface area contributed by atoms with Crippen LogP contribution >= 0.6 is 11.8 Å². The summed E-state index contributed by atoms with van der Waals surface area (Å²) >= 11 is 1.92. The molecule has 0 aromatic carbocycles. The summed E-state index contributed by atoms with van der Waals surface area (Å²) in [6.45, 7) is 4.51. The van der Waals surface area contributed by atoms with Crippen molar-refractivity contribution in [2.24, 2.45) is 0 Å².